The highest BCUT2D eigenvalue weighted by atomic mass is 15.2. The van der Waals surface area contributed by atoms with E-state index in [-0.39, 0.29) is 0 Å². The van der Waals surface area contributed by atoms with Crippen molar-refractivity contribution in [1.82, 2.24) is 14.8 Å². The van der Waals surface area contributed by atoms with Gasteiger partial charge < -0.3 is 15.5 Å². The quantitative estimate of drug-likeness (QED) is 0.765. The molecule has 3 aliphatic rings. The van der Waals surface area contributed by atoms with E-state index in [0.717, 1.165) is 65.4 Å². The summed E-state index contributed by atoms with van der Waals surface area (Å²) in [5.74, 6) is 0.842. The Bertz CT molecular complexity index is 952. The Balaban J connectivity index is 1.21. The highest BCUT2D eigenvalue weighted by Crippen LogP contribution is 2.38. The van der Waals surface area contributed by atoms with Crippen molar-refractivity contribution in [2.24, 2.45) is 0 Å². The van der Waals surface area contributed by atoms with Crippen molar-refractivity contribution in [2.45, 2.75) is 31.7 Å². The molecule has 5 nitrogen and oxygen atoms in total. The fourth-order valence-corrected chi connectivity index (χ4v) is 5.06. The predicted octanol–water partition coefficient (Wildman–Crippen LogP) is 4.63. The lowest BCUT2D eigenvalue weighted by molar-refractivity contribution is 0.133. The topological polar surface area (TPSA) is 43.4 Å². The van der Waals surface area contributed by atoms with Gasteiger partial charge in [0.05, 0.1) is 11.4 Å². The first-order valence-corrected chi connectivity index (χ1v) is 11.2. The van der Waals surface area contributed by atoms with Gasteiger partial charge in [0.2, 0.25) is 0 Å². The first-order valence-electron chi connectivity index (χ1n) is 11.2. The Morgan fingerprint density at radius 2 is 1.77 bits per heavy atom. The van der Waals surface area contributed by atoms with Gasteiger partial charge in [0.1, 0.15) is 5.82 Å². The van der Waals surface area contributed by atoms with Crippen molar-refractivity contribution in [3.8, 4) is 11.3 Å². The first kappa shape index (κ1) is 19.3. The zero-order valence-electron chi connectivity index (χ0n) is 17.7. The Hall–Kier alpha value is -2.63. The van der Waals surface area contributed by atoms with Gasteiger partial charge in [-0.2, -0.15) is 0 Å². The monoisotopic (exact) mass is 401 g/mol. The maximum atomic E-state index is 4.89. The normalized spacial score (nSPS) is 19.8. The zero-order chi connectivity index (χ0) is 20.5. The number of rotatable bonds is 5. The molecule has 0 amide bonds. The maximum Gasteiger partial charge on any atom is 0.130 e. The van der Waals surface area contributed by atoms with E-state index in [2.05, 4.69) is 51.8 Å². The lowest BCUT2D eigenvalue weighted by Crippen LogP contribution is -2.44. The fourth-order valence-electron chi connectivity index (χ4n) is 5.06. The lowest BCUT2D eigenvalue weighted by atomic mass is 9.97. The summed E-state index contributed by atoms with van der Waals surface area (Å²) in [4.78, 5) is 10.1. The molecule has 0 aliphatic carbocycles. The van der Waals surface area contributed by atoms with E-state index < -0.39 is 0 Å². The van der Waals surface area contributed by atoms with Gasteiger partial charge in [-0.05, 0) is 50.9 Å². The molecule has 30 heavy (non-hydrogen) atoms. The van der Waals surface area contributed by atoms with Crippen LogP contribution in [0.15, 0.2) is 55.3 Å². The van der Waals surface area contributed by atoms with Crippen molar-refractivity contribution < 1.29 is 0 Å². The predicted molar refractivity (Wildman–Crippen MR) is 125 cm³/mol. The maximum absolute atomic E-state index is 4.89. The van der Waals surface area contributed by atoms with E-state index >= 15 is 0 Å². The summed E-state index contributed by atoms with van der Waals surface area (Å²) < 4.78 is 0. The minimum atomic E-state index is 0.787. The molecule has 0 unspecified atom stereocenters. The molecule has 5 rings (SSSR count). The number of hydrogen-bond acceptors (Lipinski definition) is 5. The van der Waals surface area contributed by atoms with Gasteiger partial charge in [-0.25, -0.2) is 4.98 Å². The second-order valence-corrected chi connectivity index (χ2v) is 8.72. The molecule has 0 bridgehead atoms. The van der Waals surface area contributed by atoms with Crippen LogP contribution in [0.2, 0.25) is 0 Å². The average molecular weight is 402 g/mol. The van der Waals surface area contributed by atoms with Crippen LogP contribution in [-0.4, -0.2) is 53.5 Å². The standard InChI is InChI=1S/C25H31N5/c1-18(17-29-15-11-20(12-16-29)30-13-5-6-14-30)26-24-10-9-23-25(28-24)22-8-4-3-7-21(22)19(2)27-23/h3-4,7-10,20,27H,1-2,5-6,11-17H2,(H,26,28). The van der Waals surface area contributed by atoms with E-state index in [9.17, 15) is 0 Å². The molecule has 2 saturated heterocycles. The smallest absolute Gasteiger partial charge is 0.130 e. The van der Waals surface area contributed by atoms with Gasteiger partial charge in [0.25, 0.3) is 0 Å². The molecule has 5 heteroatoms. The number of hydrogen-bond donors (Lipinski definition) is 2. The number of anilines is 2. The van der Waals surface area contributed by atoms with E-state index in [1.165, 1.54) is 38.8 Å². The highest BCUT2D eigenvalue weighted by Gasteiger charge is 2.26. The van der Waals surface area contributed by atoms with Crippen LogP contribution in [0.3, 0.4) is 0 Å². The van der Waals surface area contributed by atoms with E-state index in [0.29, 0.717) is 0 Å². The molecule has 4 heterocycles. The molecule has 1 aromatic heterocycles. The van der Waals surface area contributed by atoms with Crippen LogP contribution in [0.1, 0.15) is 31.2 Å². The number of aromatic nitrogens is 1. The number of likely N-dealkylation sites (tertiary alicyclic amines) is 2. The second-order valence-electron chi connectivity index (χ2n) is 8.72. The number of nitrogens with one attached hydrogen (secondary N) is 2. The van der Waals surface area contributed by atoms with E-state index in [4.69, 9.17) is 4.98 Å². The minimum absolute atomic E-state index is 0.787. The summed E-state index contributed by atoms with van der Waals surface area (Å²) in [7, 11) is 0. The summed E-state index contributed by atoms with van der Waals surface area (Å²) in [6, 6.07) is 13.1. The number of fused-ring (bicyclic) bond motifs is 3. The Labute approximate surface area is 179 Å². The second kappa shape index (κ2) is 8.25. The third-order valence-electron chi connectivity index (χ3n) is 6.62. The molecule has 2 N–H and O–H groups in total. The number of nitrogens with zero attached hydrogens (tertiary/aromatic N) is 3. The van der Waals surface area contributed by atoms with Crippen molar-refractivity contribution in [3.63, 3.8) is 0 Å². The molecule has 2 aromatic rings. The molecule has 0 saturated carbocycles. The molecule has 2 fully saturated rings. The minimum Gasteiger partial charge on any atom is -0.354 e. The third kappa shape index (κ3) is 3.87. The SMILES string of the molecule is C=C(CN1CCC(N2CCCC2)CC1)Nc1ccc2c(n1)-c1ccccc1C(=C)N2. The van der Waals surface area contributed by atoms with Crippen molar-refractivity contribution >= 4 is 17.2 Å². The van der Waals surface area contributed by atoms with Crippen LogP contribution < -0.4 is 10.6 Å². The van der Waals surface area contributed by atoms with Crippen LogP contribution >= 0.6 is 0 Å². The third-order valence-corrected chi connectivity index (χ3v) is 6.62. The number of pyridine rings is 1. The molecule has 1 aromatic carbocycles. The number of piperidine rings is 1. The highest BCUT2D eigenvalue weighted by molar-refractivity contribution is 5.95. The molecule has 156 valence electrons. The van der Waals surface area contributed by atoms with E-state index in [1.54, 1.807) is 0 Å². The van der Waals surface area contributed by atoms with Crippen molar-refractivity contribution in [2.75, 3.05) is 43.4 Å². The summed E-state index contributed by atoms with van der Waals surface area (Å²) in [5, 5.41) is 6.81. The lowest BCUT2D eigenvalue weighted by Gasteiger charge is -2.36. The van der Waals surface area contributed by atoms with E-state index in [1.807, 2.05) is 18.2 Å². The molecule has 3 aliphatic heterocycles. The molecule has 0 spiro atoms. The molecular weight excluding hydrogens is 370 g/mol. The Kier molecular flexibility index (Phi) is 5.32. The van der Waals surface area contributed by atoms with Gasteiger partial charge >= 0.3 is 0 Å². The van der Waals surface area contributed by atoms with Crippen LogP contribution in [0, 0.1) is 0 Å². The zero-order valence-corrected chi connectivity index (χ0v) is 17.7. The van der Waals surface area contributed by atoms with Gasteiger partial charge in [-0.15, -0.1) is 0 Å². The van der Waals surface area contributed by atoms with Crippen molar-refractivity contribution in [3.05, 3.63) is 60.8 Å². The summed E-state index contributed by atoms with van der Waals surface area (Å²) in [5.41, 5.74) is 6.11. The largest absolute Gasteiger partial charge is 0.354 e. The summed E-state index contributed by atoms with van der Waals surface area (Å²) in [6.07, 6.45) is 5.30. The Morgan fingerprint density at radius 1 is 1.03 bits per heavy atom. The molecule has 0 radical (unpaired) electrons. The van der Waals surface area contributed by atoms with Crippen LogP contribution in [0.5, 0.6) is 0 Å². The van der Waals surface area contributed by atoms with Crippen LogP contribution in [0.25, 0.3) is 17.0 Å². The van der Waals surface area contributed by atoms with Gasteiger partial charge in [0, 0.05) is 48.2 Å². The summed E-state index contributed by atoms with van der Waals surface area (Å²) >= 11 is 0. The molecular formula is C25H31N5. The van der Waals surface area contributed by atoms with Gasteiger partial charge in [-0.3, -0.25) is 4.90 Å². The van der Waals surface area contributed by atoms with Gasteiger partial charge in [0.15, 0.2) is 0 Å². The first-order chi connectivity index (χ1) is 14.7. The molecule has 0 atom stereocenters. The number of benzene rings is 1. The Morgan fingerprint density at radius 3 is 2.53 bits per heavy atom. The van der Waals surface area contributed by atoms with Crippen LogP contribution in [0.4, 0.5) is 11.5 Å². The summed E-state index contributed by atoms with van der Waals surface area (Å²) in [6.45, 7) is 14.2. The van der Waals surface area contributed by atoms with Crippen LogP contribution in [-0.2, 0) is 0 Å². The van der Waals surface area contributed by atoms with Crippen molar-refractivity contribution in [1.29, 1.82) is 0 Å². The fraction of sp³-hybridized carbons (Fsp3) is 0.400. The van der Waals surface area contributed by atoms with Gasteiger partial charge in [-0.1, -0.05) is 37.4 Å². The average Bonchev–Trinajstić information content (AvgIpc) is 3.30.